The molecule has 0 atom stereocenters. The highest BCUT2D eigenvalue weighted by atomic mass is 35.5. The van der Waals surface area contributed by atoms with Crippen LogP contribution in [0.5, 0.6) is 0 Å². The Balaban J connectivity index is 2.13. The van der Waals surface area contributed by atoms with Gasteiger partial charge in [-0.3, -0.25) is 4.79 Å². The van der Waals surface area contributed by atoms with E-state index in [2.05, 4.69) is 24.5 Å². The lowest BCUT2D eigenvalue weighted by atomic mass is 10.3. The van der Waals surface area contributed by atoms with E-state index in [1.165, 1.54) is 0 Å². The summed E-state index contributed by atoms with van der Waals surface area (Å²) in [5.41, 5.74) is 0.610. The van der Waals surface area contributed by atoms with Crippen molar-refractivity contribution in [3.05, 3.63) is 29.3 Å². The summed E-state index contributed by atoms with van der Waals surface area (Å²) in [4.78, 5) is 11.6. The first kappa shape index (κ1) is 16.0. The fraction of sp³-hybridized carbons (Fsp3) is 0.500. The molecule has 106 valence electrons. The lowest BCUT2D eigenvalue weighted by molar-refractivity contribution is -0.120. The largest absolute Gasteiger partial charge is 0.372 e. The van der Waals surface area contributed by atoms with Crippen molar-refractivity contribution >= 4 is 23.2 Å². The molecule has 0 aliphatic carbocycles. The highest BCUT2D eigenvalue weighted by Gasteiger charge is 2.04. The van der Waals surface area contributed by atoms with Gasteiger partial charge in [0.25, 0.3) is 0 Å². The van der Waals surface area contributed by atoms with Crippen molar-refractivity contribution in [1.82, 2.24) is 5.32 Å². The van der Waals surface area contributed by atoms with Gasteiger partial charge in [0, 0.05) is 12.6 Å². The number of ether oxygens (including phenoxy) is 1. The van der Waals surface area contributed by atoms with Gasteiger partial charge in [0.15, 0.2) is 0 Å². The molecule has 0 fully saturated rings. The van der Waals surface area contributed by atoms with Crippen LogP contribution in [-0.2, 0) is 9.53 Å². The predicted octanol–water partition coefficient (Wildman–Crippen LogP) is 2.68. The normalized spacial score (nSPS) is 10.7. The first-order chi connectivity index (χ1) is 9.09. The van der Waals surface area contributed by atoms with E-state index in [0.717, 1.165) is 13.0 Å². The van der Waals surface area contributed by atoms with Crippen LogP contribution in [0.15, 0.2) is 24.3 Å². The third-order valence-electron chi connectivity index (χ3n) is 2.40. The van der Waals surface area contributed by atoms with Crippen molar-refractivity contribution in [2.75, 3.05) is 25.1 Å². The molecule has 4 nitrogen and oxygen atoms in total. The van der Waals surface area contributed by atoms with Crippen molar-refractivity contribution in [3.63, 3.8) is 0 Å². The Morgan fingerprint density at radius 1 is 1.37 bits per heavy atom. The van der Waals surface area contributed by atoms with Gasteiger partial charge in [-0.15, -0.1) is 0 Å². The Bertz CT molecular complexity index is 397. The van der Waals surface area contributed by atoms with Crippen molar-refractivity contribution in [2.45, 2.75) is 26.3 Å². The second-order valence-corrected chi connectivity index (χ2v) is 4.95. The number of amides is 1. The zero-order chi connectivity index (χ0) is 14.1. The summed E-state index contributed by atoms with van der Waals surface area (Å²) in [6.45, 7) is 5.70. The maximum atomic E-state index is 11.6. The number of hydrogen-bond acceptors (Lipinski definition) is 3. The van der Waals surface area contributed by atoms with Gasteiger partial charge in [0.05, 0.1) is 10.7 Å². The van der Waals surface area contributed by atoms with Crippen molar-refractivity contribution in [1.29, 1.82) is 0 Å². The van der Waals surface area contributed by atoms with Crippen molar-refractivity contribution in [2.24, 2.45) is 0 Å². The van der Waals surface area contributed by atoms with E-state index in [1.807, 2.05) is 12.1 Å². The van der Waals surface area contributed by atoms with Gasteiger partial charge in [-0.25, -0.2) is 0 Å². The first-order valence-electron chi connectivity index (χ1n) is 6.45. The summed E-state index contributed by atoms with van der Waals surface area (Å²) < 4.78 is 5.29. The molecule has 1 aromatic carbocycles. The average molecular weight is 285 g/mol. The SMILES string of the molecule is CC(C)NCCCOCC(=O)Nc1ccccc1Cl. The summed E-state index contributed by atoms with van der Waals surface area (Å²) in [5.74, 6) is -0.190. The van der Waals surface area contributed by atoms with E-state index in [9.17, 15) is 4.79 Å². The zero-order valence-corrected chi connectivity index (χ0v) is 12.2. The lowest BCUT2D eigenvalue weighted by Gasteiger charge is -2.09. The molecule has 1 amide bonds. The average Bonchev–Trinajstić information content (AvgIpc) is 2.36. The molecule has 0 bridgehead atoms. The van der Waals surface area contributed by atoms with Crippen LogP contribution in [-0.4, -0.2) is 31.7 Å². The number of hydrogen-bond donors (Lipinski definition) is 2. The molecule has 2 N–H and O–H groups in total. The van der Waals surface area contributed by atoms with Gasteiger partial charge in [0.2, 0.25) is 5.91 Å². The first-order valence-corrected chi connectivity index (χ1v) is 6.83. The van der Waals surface area contributed by atoms with Gasteiger partial charge >= 0.3 is 0 Å². The van der Waals surface area contributed by atoms with Gasteiger partial charge in [-0.1, -0.05) is 37.6 Å². The number of benzene rings is 1. The van der Waals surface area contributed by atoms with Crippen LogP contribution in [0.1, 0.15) is 20.3 Å². The predicted molar refractivity (Wildman–Crippen MR) is 78.7 cm³/mol. The number of halogens is 1. The maximum absolute atomic E-state index is 11.6. The minimum atomic E-state index is -0.190. The zero-order valence-electron chi connectivity index (χ0n) is 11.4. The third kappa shape index (κ3) is 7.15. The number of anilines is 1. The maximum Gasteiger partial charge on any atom is 0.250 e. The molecule has 0 radical (unpaired) electrons. The molecule has 5 heteroatoms. The van der Waals surface area contributed by atoms with Gasteiger partial charge in [0.1, 0.15) is 6.61 Å². The fourth-order valence-electron chi connectivity index (χ4n) is 1.48. The van der Waals surface area contributed by atoms with Crippen LogP contribution in [0.3, 0.4) is 0 Å². The summed E-state index contributed by atoms with van der Waals surface area (Å²) >= 11 is 5.94. The smallest absolute Gasteiger partial charge is 0.250 e. The van der Waals surface area contributed by atoms with E-state index in [4.69, 9.17) is 16.3 Å². The molecule has 0 saturated heterocycles. The topological polar surface area (TPSA) is 50.4 Å². The fourth-order valence-corrected chi connectivity index (χ4v) is 1.66. The van der Waals surface area contributed by atoms with Crippen LogP contribution in [0.2, 0.25) is 5.02 Å². The standard InChI is InChI=1S/C14H21ClN2O2/c1-11(2)16-8-5-9-19-10-14(18)17-13-7-4-3-6-12(13)15/h3-4,6-7,11,16H,5,8-10H2,1-2H3,(H,17,18). The molecule has 1 aromatic rings. The monoisotopic (exact) mass is 284 g/mol. The summed E-state index contributed by atoms with van der Waals surface area (Å²) in [5, 5.41) is 6.52. The molecule has 1 rings (SSSR count). The van der Waals surface area contributed by atoms with Crippen molar-refractivity contribution in [3.8, 4) is 0 Å². The van der Waals surface area contributed by atoms with Crippen LogP contribution >= 0.6 is 11.6 Å². The third-order valence-corrected chi connectivity index (χ3v) is 2.73. The van der Waals surface area contributed by atoms with E-state index in [0.29, 0.717) is 23.4 Å². The minimum absolute atomic E-state index is 0.0485. The van der Waals surface area contributed by atoms with Gasteiger partial charge in [-0.05, 0) is 25.1 Å². The van der Waals surface area contributed by atoms with Gasteiger partial charge in [-0.2, -0.15) is 0 Å². The second-order valence-electron chi connectivity index (χ2n) is 4.54. The van der Waals surface area contributed by atoms with E-state index in [1.54, 1.807) is 12.1 Å². The number of nitrogens with one attached hydrogen (secondary N) is 2. The number of carbonyl (C=O) groups excluding carboxylic acids is 1. The Morgan fingerprint density at radius 2 is 2.11 bits per heavy atom. The Labute approximate surface area is 119 Å². The van der Waals surface area contributed by atoms with Crippen LogP contribution in [0.25, 0.3) is 0 Å². The molecule has 0 spiro atoms. The Kier molecular flexibility index (Phi) is 7.48. The highest BCUT2D eigenvalue weighted by Crippen LogP contribution is 2.20. The number of carbonyl (C=O) groups is 1. The molecule has 0 heterocycles. The molecule has 0 aliphatic rings. The van der Waals surface area contributed by atoms with Crippen molar-refractivity contribution < 1.29 is 9.53 Å². The highest BCUT2D eigenvalue weighted by molar-refractivity contribution is 6.33. The summed E-state index contributed by atoms with van der Waals surface area (Å²) in [7, 11) is 0. The lowest BCUT2D eigenvalue weighted by Crippen LogP contribution is -2.25. The van der Waals surface area contributed by atoms with Crippen LogP contribution < -0.4 is 10.6 Å². The molecule has 19 heavy (non-hydrogen) atoms. The number of para-hydroxylation sites is 1. The number of rotatable bonds is 8. The molecule has 0 saturated carbocycles. The van der Waals surface area contributed by atoms with E-state index < -0.39 is 0 Å². The Hall–Kier alpha value is -1.10. The van der Waals surface area contributed by atoms with Gasteiger partial charge < -0.3 is 15.4 Å². The summed E-state index contributed by atoms with van der Waals surface area (Å²) in [6.07, 6.45) is 0.886. The van der Waals surface area contributed by atoms with Crippen LogP contribution in [0.4, 0.5) is 5.69 Å². The molecule has 0 aromatic heterocycles. The molecular weight excluding hydrogens is 264 g/mol. The molecule has 0 unspecified atom stereocenters. The van der Waals surface area contributed by atoms with E-state index in [-0.39, 0.29) is 12.5 Å². The second kappa shape index (κ2) is 8.91. The summed E-state index contributed by atoms with van der Waals surface area (Å²) in [6, 6.07) is 7.60. The molecule has 0 aliphatic heterocycles. The molecular formula is C14H21ClN2O2. The quantitative estimate of drug-likeness (QED) is 0.722. The Morgan fingerprint density at radius 3 is 2.79 bits per heavy atom. The minimum Gasteiger partial charge on any atom is -0.372 e. The van der Waals surface area contributed by atoms with Crippen LogP contribution in [0, 0.1) is 0 Å². The van der Waals surface area contributed by atoms with E-state index >= 15 is 0 Å².